The van der Waals surface area contributed by atoms with Gasteiger partial charge in [-0.2, -0.15) is 0 Å². The van der Waals surface area contributed by atoms with E-state index in [1.165, 1.54) is 0 Å². The monoisotopic (exact) mass is 236 g/mol. The zero-order valence-electron chi connectivity index (χ0n) is 10.0. The molecule has 0 radical (unpaired) electrons. The number of methoxy groups -OCH3 is 1. The lowest BCUT2D eigenvalue weighted by molar-refractivity contribution is 0.0827. The topological polar surface area (TPSA) is 58.5 Å². The normalized spacial score (nSPS) is 11.5. The van der Waals surface area contributed by atoms with Crippen molar-refractivity contribution in [3.8, 4) is 0 Å². The second-order valence-corrected chi connectivity index (χ2v) is 4.09. The van der Waals surface area contributed by atoms with Gasteiger partial charge in [0.2, 0.25) is 0 Å². The van der Waals surface area contributed by atoms with Gasteiger partial charge in [-0.15, -0.1) is 0 Å². The first-order valence-corrected chi connectivity index (χ1v) is 5.48. The van der Waals surface area contributed by atoms with Gasteiger partial charge in [0.25, 0.3) is 0 Å². The number of ether oxygens (including phenoxy) is 1. The highest BCUT2D eigenvalue weighted by atomic mass is 16.5. The summed E-state index contributed by atoms with van der Waals surface area (Å²) in [6.07, 6.45) is 0.894. The molecule has 1 N–H and O–H groups in total. The fraction of sp³-hybridized carbons (Fsp3) is 0.417. The largest absolute Gasteiger partial charge is 0.417 e. The van der Waals surface area contributed by atoms with E-state index in [1.807, 2.05) is 25.2 Å². The summed E-state index contributed by atoms with van der Waals surface area (Å²) in [5.41, 5.74) is 2.49. The average molecular weight is 236 g/mol. The van der Waals surface area contributed by atoms with Crippen molar-refractivity contribution < 1.29 is 9.15 Å². The van der Waals surface area contributed by atoms with Crippen LogP contribution in [0.5, 0.6) is 0 Å². The Balaban J connectivity index is 2.06. The highest BCUT2D eigenvalue weighted by molar-refractivity contribution is 5.72. The Labute approximate surface area is 99.0 Å². The molecule has 1 heterocycles. The van der Waals surface area contributed by atoms with Crippen molar-refractivity contribution in [1.82, 2.24) is 9.88 Å². The molecule has 92 valence electrons. The number of oxazole rings is 1. The molecule has 0 spiro atoms. The van der Waals surface area contributed by atoms with Crippen molar-refractivity contribution in [2.45, 2.75) is 6.42 Å². The van der Waals surface area contributed by atoms with Crippen LogP contribution in [0.4, 0.5) is 0 Å². The van der Waals surface area contributed by atoms with Crippen LogP contribution in [-0.4, -0.2) is 37.3 Å². The summed E-state index contributed by atoms with van der Waals surface area (Å²) < 4.78 is 10.0. The van der Waals surface area contributed by atoms with Gasteiger partial charge in [-0.1, -0.05) is 6.07 Å². The molecule has 0 fully saturated rings. The molecule has 17 heavy (non-hydrogen) atoms. The molecule has 0 aliphatic heterocycles. The molecule has 0 saturated carbocycles. The van der Waals surface area contributed by atoms with E-state index in [-0.39, 0.29) is 0 Å². The summed E-state index contributed by atoms with van der Waals surface area (Å²) in [7, 11) is 3.68. The van der Waals surface area contributed by atoms with Crippen LogP contribution in [0, 0.1) is 0 Å². The van der Waals surface area contributed by atoms with Gasteiger partial charge in [-0.3, -0.25) is 9.88 Å². The minimum absolute atomic E-state index is 0.409. The number of hydrogen-bond donors (Lipinski definition) is 1. The van der Waals surface area contributed by atoms with Gasteiger partial charge in [-0.25, -0.2) is 4.79 Å². The number of aromatic nitrogens is 1. The van der Waals surface area contributed by atoms with Crippen LogP contribution in [0.25, 0.3) is 11.1 Å². The maximum Gasteiger partial charge on any atom is 0.417 e. The fourth-order valence-corrected chi connectivity index (χ4v) is 1.75. The zero-order chi connectivity index (χ0) is 12.3. The minimum Gasteiger partial charge on any atom is -0.408 e. The molecular formula is C12H16N2O3. The predicted molar refractivity (Wildman–Crippen MR) is 65.0 cm³/mol. The van der Waals surface area contributed by atoms with Crippen LogP contribution in [-0.2, 0) is 11.2 Å². The molecule has 0 saturated heterocycles. The summed E-state index contributed by atoms with van der Waals surface area (Å²) >= 11 is 0. The number of rotatable bonds is 5. The first-order valence-electron chi connectivity index (χ1n) is 5.48. The van der Waals surface area contributed by atoms with Gasteiger partial charge in [0, 0.05) is 13.7 Å². The number of nitrogens with one attached hydrogen (secondary N) is 1. The lowest BCUT2D eigenvalue weighted by atomic mass is 10.1. The van der Waals surface area contributed by atoms with Crippen LogP contribution in [0.2, 0.25) is 0 Å². The quantitative estimate of drug-likeness (QED) is 0.792. The van der Waals surface area contributed by atoms with E-state index in [9.17, 15) is 4.79 Å². The maximum absolute atomic E-state index is 11.0. The number of likely N-dealkylation sites (N-methyl/N-ethyl adjacent to an activating group) is 1. The van der Waals surface area contributed by atoms with Crippen LogP contribution < -0.4 is 5.76 Å². The zero-order valence-corrected chi connectivity index (χ0v) is 10.0. The molecule has 5 heteroatoms. The molecule has 2 rings (SSSR count). The second-order valence-electron chi connectivity index (χ2n) is 4.09. The lowest BCUT2D eigenvalue weighted by Crippen LogP contribution is -2.23. The SMILES string of the molecule is COCN(C)CCc1ccc2[nH]c(=O)oc2c1. The highest BCUT2D eigenvalue weighted by Crippen LogP contribution is 2.12. The molecule has 0 atom stereocenters. The summed E-state index contributed by atoms with van der Waals surface area (Å²) in [5.74, 6) is -0.409. The minimum atomic E-state index is -0.409. The number of nitrogens with zero attached hydrogens (tertiary/aromatic N) is 1. The third-order valence-corrected chi connectivity index (χ3v) is 2.62. The summed E-state index contributed by atoms with van der Waals surface area (Å²) in [6, 6.07) is 5.76. The van der Waals surface area contributed by atoms with Crippen LogP contribution >= 0.6 is 0 Å². The van der Waals surface area contributed by atoms with Gasteiger partial charge in [0.05, 0.1) is 12.2 Å². The molecule has 2 aromatic rings. The number of benzene rings is 1. The molecule has 0 aliphatic carbocycles. The van der Waals surface area contributed by atoms with Crippen LogP contribution in [0.1, 0.15) is 5.56 Å². The molecule has 0 amide bonds. The summed E-state index contributed by atoms with van der Waals surface area (Å²) in [4.78, 5) is 15.7. The van der Waals surface area contributed by atoms with Gasteiger partial charge in [0.15, 0.2) is 5.58 Å². The Morgan fingerprint density at radius 3 is 3.06 bits per heavy atom. The predicted octanol–water partition coefficient (Wildman–Crippen LogP) is 1.20. The van der Waals surface area contributed by atoms with Gasteiger partial charge in [-0.05, 0) is 31.2 Å². The van der Waals surface area contributed by atoms with Crippen molar-refractivity contribution >= 4 is 11.1 Å². The summed E-state index contributed by atoms with van der Waals surface area (Å²) in [6.45, 7) is 1.51. The number of fused-ring (bicyclic) bond motifs is 1. The van der Waals surface area contributed by atoms with Crippen LogP contribution in [0.15, 0.2) is 27.4 Å². The third kappa shape index (κ3) is 2.95. The van der Waals surface area contributed by atoms with Gasteiger partial charge >= 0.3 is 5.76 Å². The number of hydrogen-bond acceptors (Lipinski definition) is 4. The van der Waals surface area contributed by atoms with Crippen LogP contribution in [0.3, 0.4) is 0 Å². The van der Waals surface area contributed by atoms with E-state index in [4.69, 9.17) is 9.15 Å². The Morgan fingerprint density at radius 2 is 2.29 bits per heavy atom. The molecule has 5 nitrogen and oxygen atoms in total. The first kappa shape index (κ1) is 11.9. The Hall–Kier alpha value is -1.59. The Bertz CT molecular complexity index is 544. The van der Waals surface area contributed by atoms with Crippen molar-refractivity contribution in [3.05, 3.63) is 34.3 Å². The second kappa shape index (κ2) is 5.16. The van der Waals surface area contributed by atoms with E-state index in [0.717, 1.165) is 24.0 Å². The van der Waals surface area contributed by atoms with Gasteiger partial charge < -0.3 is 9.15 Å². The number of aromatic amines is 1. The molecule has 0 unspecified atom stereocenters. The molecule has 1 aromatic heterocycles. The third-order valence-electron chi connectivity index (χ3n) is 2.62. The van der Waals surface area contributed by atoms with E-state index in [2.05, 4.69) is 9.88 Å². The standard InChI is InChI=1S/C12H16N2O3/c1-14(8-16-2)6-5-9-3-4-10-11(7-9)17-12(15)13-10/h3-4,7H,5-6,8H2,1-2H3,(H,13,15). The number of H-pyrrole nitrogens is 1. The highest BCUT2D eigenvalue weighted by Gasteiger charge is 2.03. The van der Waals surface area contributed by atoms with E-state index in [0.29, 0.717) is 12.3 Å². The summed E-state index contributed by atoms with van der Waals surface area (Å²) in [5, 5.41) is 0. The Morgan fingerprint density at radius 1 is 1.47 bits per heavy atom. The smallest absolute Gasteiger partial charge is 0.408 e. The first-order chi connectivity index (χ1) is 8.19. The van der Waals surface area contributed by atoms with Gasteiger partial charge in [0.1, 0.15) is 0 Å². The van der Waals surface area contributed by atoms with Crippen molar-refractivity contribution in [1.29, 1.82) is 0 Å². The molecule has 1 aromatic carbocycles. The van der Waals surface area contributed by atoms with Crippen molar-refractivity contribution in [2.75, 3.05) is 27.4 Å². The van der Waals surface area contributed by atoms with E-state index >= 15 is 0 Å². The lowest BCUT2D eigenvalue weighted by Gasteiger charge is -2.14. The average Bonchev–Trinajstić information content (AvgIpc) is 2.66. The maximum atomic E-state index is 11.0. The Kier molecular flexibility index (Phi) is 3.61. The molecular weight excluding hydrogens is 220 g/mol. The van der Waals surface area contributed by atoms with Crippen molar-refractivity contribution in [2.24, 2.45) is 0 Å². The molecule has 0 bridgehead atoms. The van der Waals surface area contributed by atoms with E-state index in [1.54, 1.807) is 7.11 Å². The van der Waals surface area contributed by atoms with Crippen molar-refractivity contribution in [3.63, 3.8) is 0 Å². The fourth-order valence-electron chi connectivity index (χ4n) is 1.75. The van der Waals surface area contributed by atoms with E-state index < -0.39 is 5.76 Å². The molecule has 0 aliphatic rings.